The van der Waals surface area contributed by atoms with E-state index in [0.717, 1.165) is 46.0 Å². The van der Waals surface area contributed by atoms with Crippen LogP contribution in [0.1, 0.15) is 87.6 Å². The molecule has 4 aliphatic carbocycles. The van der Waals surface area contributed by atoms with E-state index in [4.69, 9.17) is 27.0 Å². The lowest BCUT2D eigenvalue weighted by Gasteiger charge is -2.56. The molecule has 10 nitrogen and oxygen atoms in total. The number of ether oxygens (including phenoxy) is 2. The van der Waals surface area contributed by atoms with Gasteiger partial charge in [0.05, 0.1) is 61.0 Å². The van der Waals surface area contributed by atoms with E-state index in [9.17, 15) is 22.8 Å². The van der Waals surface area contributed by atoms with E-state index in [1.54, 1.807) is 35.7 Å². The minimum atomic E-state index is -4.77. The molecule has 3 aromatic rings. The Morgan fingerprint density at radius 1 is 1.02 bits per heavy atom. The smallest absolute Gasteiger partial charge is 0.417 e. The molecule has 1 aliphatic heterocycles. The van der Waals surface area contributed by atoms with Crippen LogP contribution >= 0.6 is 12.2 Å². The molecule has 14 heteroatoms. The first kappa shape index (κ1) is 36.0. The number of aromatic nitrogens is 3. The zero-order chi connectivity index (χ0) is 36.8. The van der Waals surface area contributed by atoms with Crippen LogP contribution in [-0.4, -0.2) is 55.6 Å². The Bertz CT molecular complexity index is 1870. The van der Waals surface area contributed by atoms with Gasteiger partial charge in [0, 0.05) is 13.0 Å². The monoisotopic (exact) mass is 734 g/mol. The number of rotatable bonds is 12. The lowest BCUT2D eigenvalue weighted by Crippen LogP contribution is -2.47. The normalized spacial score (nSPS) is 24.8. The standard InChI is InChI=1S/C38H41F3N6O4S/c1-36(2)34(49)47(31-9-6-28(20-42)32(15-31)38(39,40)41)35(52)45(36)21-24-4-7-30(8-5-24)46-22-29(43-44-46)23-50-10-3-11-51-33(48)19-37-16-25-12-26(17-37)14-27(13-25)18-37/h4-9,15,22,25-27H,3,10-14,16-19,21,23H2,1-2H3. The summed E-state index contributed by atoms with van der Waals surface area (Å²) < 4.78 is 53.9. The van der Waals surface area contributed by atoms with E-state index < -0.39 is 28.7 Å². The topological polar surface area (TPSA) is 114 Å². The molecule has 4 saturated carbocycles. The molecule has 4 bridgehead atoms. The minimum Gasteiger partial charge on any atom is -0.466 e. The second kappa shape index (κ2) is 13.9. The van der Waals surface area contributed by atoms with Gasteiger partial charge >= 0.3 is 12.1 Å². The van der Waals surface area contributed by atoms with Gasteiger partial charge in [0.1, 0.15) is 11.2 Å². The Hall–Kier alpha value is -4.35. The minimum absolute atomic E-state index is 0.0518. The van der Waals surface area contributed by atoms with Crippen molar-refractivity contribution in [2.45, 2.75) is 90.1 Å². The van der Waals surface area contributed by atoms with E-state index in [-0.39, 0.29) is 35.3 Å². The van der Waals surface area contributed by atoms with Crippen LogP contribution in [0.5, 0.6) is 0 Å². The number of alkyl halides is 3. The highest BCUT2D eigenvalue weighted by molar-refractivity contribution is 7.80. The Kier molecular flexibility index (Phi) is 9.63. The summed E-state index contributed by atoms with van der Waals surface area (Å²) in [5.74, 6) is 1.88. The Balaban J connectivity index is 0.882. The molecule has 2 aromatic carbocycles. The van der Waals surface area contributed by atoms with Crippen molar-refractivity contribution < 1.29 is 32.2 Å². The van der Waals surface area contributed by atoms with Crippen molar-refractivity contribution in [3.63, 3.8) is 0 Å². The highest BCUT2D eigenvalue weighted by atomic mass is 32.1. The van der Waals surface area contributed by atoms with E-state index in [2.05, 4.69) is 10.3 Å². The maximum atomic E-state index is 13.7. The van der Waals surface area contributed by atoms with Crippen molar-refractivity contribution in [3.8, 4) is 11.8 Å². The molecule has 0 spiro atoms. The molecule has 1 aromatic heterocycles. The van der Waals surface area contributed by atoms with Crippen LogP contribution in [0.4, 0.5) is 18.9 Å². The molecular formula is C38H41F3N6O4S. The summed E-state index contributed by atoms with van der Waals surface area (Å²) in [5, 5.41) is 17.6. The molecule has 0 radical (unpaired) electrons. The van der Waals surface area contributed by atoms with Crippen LogP contribution < -0.4 is 4.90 Å². The summed E-state index contributed by atoms with van der Waals surface area (Å²) in [7, 11) is 0. The molecule has 1 amide bonds. The highest BCUT2D eigenvalue weighted by Crippen LogP contribution is 2.61. The molecule has 8 rings (SSSR count). The van der Waals surface area contributed by atoms with E-state index >= 15 is 0 Å². The predicted octanol–water partition coefficient (Wildman–Crippen LogP) is 7.13. The van der Waals surface area contributed by atoms with Gasteiger partial charge in [0.2, 0.25) is 0 Å². The van der Waals surface area contributed by atoms with Crippen molar-refractivity contribution in [2.24, 2.45) is 23.2 Å². The maximum absolute atomic E-state index is 13.7. The molecule has 0 atom stereocenters. The van der Waals surface area contributed by atoms with Gasteiger partial charge in [0.25, 0.3) is 5.91 Å². The predicted molar refractivity (Wildman–Crippen MR) is 188 cm³/mol. The van der Waals surface area contributed by atoms with Crippen molar-refractivity contribution in [3.05, 3.63) is 71.0 Å². The number of carbonyl (C=O) groups excluding carboxylic acids is 2. The number of thiocarbonyl (C=S) groups is 1. The largest absolute Gasteiger partial charge is 0.466 e. The number of nitriles is 1. The van der Waals surface area contributed by atoms with Gasteiger partial charge in [-0.3, -0.25) is 14.5 Å². The van der Waals surface area contributed by atoms with Crippen molar-refractivity contribution in [2.75, 3.05) is 18.1 Å². The van der Waals surface area contributed by atoms with Crippen LogP contribution in [-0.2, 0) is 38.4 Å². The second-order valence-electron chi connectivity index (χ2n) is 15.4. The lowest BCUT2D eigenvalue weighted by molar-refractivity contribution is -0.152. The Morgan fingerprint density at radius 2 is 1.67 bits per heavy atom. The molecule has 0 unspecified atom stereocenters. The second-order valence-corrected chi connectivity index (χ2v) is 15.8. The van der Waals surface area contributed by atoms with Gasteiger partial charge in [-0.05, 0) is 124 Å². The number of carbonyl (C=O) groups is 2. The number of esters is 1. The van der Waals surface area contributed by atoms with Crippen LogP contribution in [0, 0.1) is 34.5 Å². The molecule has 1 saturated heterocycles. The lowest BCUT2D eigenvalue weighted by atomic mass is 9.49. The van der Waals surface area contributed by atoms with Crippen LogP contribution in [0.15, 0.2) is 48.7 Å². The summed E-state index contributed by atoms with van der Waals surface area (Å²) >= 11 is 5.62. The molecule has 5 fully saturated rings. The van der Waals surface area contributed by atoms with Gasteiger partial charge in [0.15, 0.2) is 5.11 Å². The first-order valence-corrected chi connectivity index (χ1v) is 18.2. The zero-order valence-electron chi connectivity index (χ0n) is 29.2. The Labute approximate surface area is 305 Å². The first-order valence-electron chi connectivity index (χ1n) is 17.8. The molecule has 52 heavy (non-hydrogen) atoms. The van der Waals surface area contributed by atoms with Crippen molar-refractivity contribution in [1.82, 2.24) is 19.9 Å². The molecule has 2 heterocycles. The van der Waals surface area contributed by atoms with Crippen LogP contribution in [0.25, 0.3) is 5.69 Å². The number of halogens is 3. The van der Waals surface area contributed by atoms with Crippen LogP contribution in [0.3, 0.4) is 0 Å². The molecule has 0 N–H and O–H groups in total. The fraction of sp³-hybridized carbons (Fsp3) is 0.526. The molecule has 5 aliphatic rings. The van der Waals surface area contributed by atoms with Gasteiger partial charge in [-0.2, -0.15) is 18.4 Å². The Morgan fingerprint density at radius 3 is 2.31 bits per heavy atom. The van der Waals surface area contributed by atoms with Crippen LogP contribution in [0.2, 0.25) is 0 Å². The van der Waals surface area contributed by atoms with Gasteiger partial charge < -0.3 is 14.4 Å². The number of hydrogen-bond donors (Lipinski definition) is 0. The van der Waals surface area contributed by atoms with Crippen molar-refractivity contribution in [1.29, 1.82) is 5.26 Å². The highest BCUT2D eigenvalue weighted by Gasteiger charge is 2.52. The van der Waals surface area contributed by atoms with E-state index in [1.165, 1.54) is 44.6 Å². The number of anilines is 1. The summed E-state index contributed by atoms with van der Waals surface area (Å²) in [6.45, 7) is 4.58. The maximum Gasteiger partial charge on any atom is 0.417 e. The number of nitrogens with zero attached hydrogens (tertiary/aromatic N) is 6. The third-order valence-electron chi connectivity index (χ3n) is 11.2. The van der Waals surface area contributed by atoms with Crippen molar-refractivity contribution >= 4 is 34.9 Å². The average Bonchev–Trinajstić information content (AvgIpc) is 3.62. The van der Waals surface area contributed by atoms with E-state index in [1.807, 2.05) is 24.3 Å². The van der Waals surface area contributed by atoms with Gasteiger partial charge in [-0.15, -0.1) is 5.10 Å². The number of hydrogen-bond acceptors (Lipinski definition) is 8. The summed E-state index contributed by atoms with van der Waals surface area (Å²) in [6.07, 6.45) is 5.79. The zero-order valence-corrected chi connectivity index (χ0v) is 30.0. The number of amides is 1. The van der Waals surface area contributed by atoms with Gasteiger partial charge in [-0.1, -0.05) is 17.3 Å². The number of benzene rings is 2. The fourth-order valence-corrected chi connectivity index (χ4v) is 9.63. The third-order valence-corrected chi connectivity index (χ3v) is 11.6. The first-order chi connectivity index (χ1) is 24.7. The third kappa shape index (κ3) is 7.17. The molecular weight excluding hydrogens is 694 g/mol. The van der Waals surface area contributed by atoms with Gasteiger partial charge in [-0.25, -0.2) is 4.68 Å². The SMILES string of the molecule is CC1(C)C(=O)N(c2ccc(C#N)c(C(F)(F)F)c2)C(=S)N1Cc1ccc(-n2cc(COCCCOC(=O)CC34CC5CC(CC(C5)C3)C4)nn2)cc1. The fourth-order valence-electron chi connectivity index (χ4n) is 9.15. The summed E-state index contributed by atoms with van der Waals surface area (Å²) in [6, 6.07) is 12.1. The summed E-state index contributed by atoms with van der Waals surface area (Å²) in [4.78, 5) is 28.9. The average molecular weight is 735 g/mol. The quantitative estimate of drug-likeness (QED) is 0.109. The molecule has 274 valence electrons. The summed E-state index contributed by atoms with van der Waals surface area (Å²) in [5.41, 5.74) is -0.479. The van der Waals surface area contributed by atoms with E-state index in [0.29, 0.717) is 31.7 Å².